The number of benzene rings is 2. The van der Waals surface area contributed by atoms with E-state index >= 15 is 0 Å². The van der Waals surface area contributed by atoms with Crippen LogP contribution in [0.25, 0.3) is 6.08 Å². The maximum absolute atomic E-state index is 13.2. The molecule has 1 aliphatic carbocycles. The number of carbonyl (C=O) groups excluding carboxylic acids is 2. The first-order chi connectivity index (χ1) is 19.5. The highest BCUT2D eigenvalue weighted by atomic mass is 16.5. The Bertz CT molecular complexity index is 1540. The summed E-state index contributed by atoms with van der Waals surface area (Å²) in [6.45, 7) is 6.37. The summed E-state index contributed by atoms with van der Waals surface area (Å²) in [7, 11) is 0. The summed E-state index contributed by atoms with van der Waals surface area (Å²) in [5, 5.41) is 17.1. The number of anilines is 2. The number of carbonyl (C=O) groups is 3. The second-order valence-electron chi connectivity index (χ2n) is 11.2. The van der Waals surface area contributed by atoms with Gasteiger partial charge in [0.05, 0.1) is 5.57 Å². The van der Waals surface area contributed by atoms with Crippen LogP contribution in [0.4, 0.5) is 16.3 Å². The number of rotatable bonds is 8. The van der Waals surface area contributed by atoms with Crippen molar-refractivity contribution >= 4 is 35.5 Å². The molecule has 0 bridgehead atoms. The van der Waals surface area contributed by atoms with Gasteiger partial charge < -0.3 is 30.5 Å². The van der Waals surface area contributed by atoms with Crippen molar-refractivity contribution in [2.75, 3.05) is 17.2 Å². The molecule has 0 unspecified atom stereocenters. The van der Waals surface area contributed by atoms with Crippen LogP contribution in [0.5, 0.6) is 17.2 Å². The van der Waals surface area contributed by atoms with Crippen LogP contribution in [0.15, 0.2) is 60.3 Å². The van der Waals surface area contributed by atoms with E-state index in [2.05, 4.69) is 20.9 Å². The van der Waals surface area contributed by atoms with Crippen LogP contribution in [0.3, 0.4) is 0 Å². The third-order valence-corrected chi connectivity index (χ3v) is 6.71. The van der Waals surface area contributed by atoms with Crippen LogP contribution in [-0.2, 0) is 21.5 Å². The van der Waals surface area contributed by atoms with E-state index in [1.807, 2.05) is 32.9 Å². The van der Waals surface area contributed by atoms with E-state index in [-0.39, 0.29) is 36.3 Å². The fraction of sp³-hybridized carbons (Fsp3) is 0.290. The minimum atomic E-state index is -1.12. The molecule has 2 aliphatic rings. The van der Waals surface area contributed by atoms with Gasteiger partial charge in [-0.25, -0.2) is 9.78 Å². The molecule has 41 heavy (non-hydrogen) atoms. The average molecular weight is 557 g/mol. The quantitative estimate of drug-likeness (QED) is 0.279. The third-order valence-electron chi connectivity index (χ3n) is 6.71. The average Bonchev–Trinajstić information content (AvgIpc) is 3.77. The summed E-state index contributed by atoms with van der Waals surface area (Å²) < 4.78 is 11.8. The van der Waals surface area contributed by atoms with Crippen LogP contribution in [0, 0.1) is 5.92 Å². The second-order valence-corrected chi connectivity index (χ2v) is 11.2. The molecule has 10 heteroatoms. The lowest BCUT2D eigenvalue weighted by Crippen LogP contribution is -2.23. The van der Waals surface area contributed by atoms with Gasteiger partial charge in [-0.3, -0.25) is 9.59 Å². The molecule has 3 amide bonds. The summed E-state index contributed by atoms with van der Waals surface area (Å²) in [6.07, 6.45) is 4.02. The van der Waals surface area contributed by atoms with Gasteiger partial charge in [-0.15, -0.1) is 0 Å². The number of nitrogens with zero attached hydrogens (tertiary/aromatic N) is 1. The fourth-order valence-corrected chi connectivity index (χ4v) is 4.29. The van der Waals surface area contributed by atoms with E-state index in [1.54, 1.807) is 48.7 Å². The number of aromatic nitrogens is 1. The molecule has 0 radical (unpaired) electrons. The Kier molecular flexibility index (Phi) is 7.65. The maximum Gasteiger partial charge on any atom is 0.404 e. The van der Waals surface area contributed by atoms with Crippen molar-refractivity contribution < 1.29 is 29.0 Å². The van der Waals surface area contributed by atoms with Crippen molar-refractivity contribution in [1.82, 2.24) is 10.3 Å². The molecule has 10 nitrogen and oxygen atoms in total. The molecule has 1 aliphatic heterocycles. The van der Waals surface area contributed by atoms with Gasteiger partial charge in [-0.05, 0) is 71.9 Å². The highest BCUT2D eigenvalue weighted by Crippen LogP contribution is 2.34. The van der Waals surface area contributed by atoms with Crippen molar-refractivity contribution in [1.29, 1.82) is 0 Å². The first-order valence-corrected chi connectivity index (χ1v) is 13.4. The first-order valence-electron chi connectivity index (χ1n) is 13.4. The van der Waals surface area contributed by atoms with Gasteiger partial charge in [0.2, 0.25) is 5.91 Å². The molecule has 4 N–H and O–H groups in total. The number of hydrogen-bond donors (Lipinski definition) is 4. The molecule has 1 aromatic heterocycles. The topological polar surface area (TPSA) is 139 Å². The number of pyridine rings is 1. The summed E-state index contributed by atoms with van der Waals surface area (Å²) in [5.74, 6) is 1.81. The minimum Gasteiger partial charge on any atom is -0.488 e. The zero-order valence-corrected chi connectivity index (χ0v) is 23.1. The Hall–Kier alpha value is -4.86. The van der Waals surface area contributed by atoms with E-state index in [0.29, 0.717) is 39.9 Å². The molecule has 0 saturated heterocycles. The fourth-order valence-electron chi connectivity index (χ4n) is 4.29. The lowest BCUT2D eigenvalue weighted by molar-refractivity contribution is -0.117. The second kappa shape index (κ2) is 11.3. The Balaban J connectivity index is 1.31. The smallest absolute Gasteiger partial charge is 0.404 e. The highest BCUT2D eigenvalue weighted by molar-refractivity contribution is 6.07. The van der Waals surface area contributed by atoms with Crippen molar-refractivity contribution in [2.45, 2.75) is 45.6 Å². The van der Waals surface area contributed by atoms with Gasteiger partial charge in [0.15, 0.2) is 0 Å². The molecule has 1 saturated carbocycles. The van der Waals surface area contributed by atoms with Gasteiger partial charge in [0.25, 0.3) is 5.91 Å². The molecule has 1 fully saturated rings. The van der Waals surface area contributed by atoms with Crippen molar-refractivity contribution in [2.24, 2.45) is 5.92 Å². The van der Waals surface area contributed by atoms with E-state index in [9.17, 15) is 14.4 Å². The van der Waals surface area contributed by atoms with Crippen LogP contribution in [-0.4, -0.2) is 34.6 Å². The van der Waals surface area contributed by atoms with Crippen molar-refractivity contribution in [3.63, 3.8) is 0 Å². The van der Waals surface area contributed by atoms with Crippen molar-refractivity contribution in [3.05, 3.63) is 77.0 Å². The Morgan fingerprint density at radius 2 is 1.80 bits per heavy atom. The summed E-state index contributed by atoms with van der Waals surface area (Å²) in [6, 6.07) is 14.3. The lowest BCUT2D eigenvalue weighted by Gasteiger charge is -2.22. The highest BCUT2D eigenvalue weighted by Gasteiger charge is 2.30. The summed E-state index contributed by atoms with van der Waals surface area (Å²) in [4.78, 5) is 40.5. The van der Waals surface area contributed by atoms with Crippen molar-refractivity contribution in [3.8, 4) is 17.2 Å². The van der Waals surface area contributed by atoms with E-state index in [4.69, 9.17) is 14.6 Å². The normalized spacial score (nSPS) is 14.2. The zero-order chi connectivity index (χ0) is 29.1. The third kappa shape index (κ3) is 7.21. The predicted molar refractivity (Wildman–Crippen MR) is 154 cm³/mol. The van der Waals surface area contributed by atoms with E-state index in [1.165, 1.54) is 0 Å². The van der Waals surface area contributed by atoms with E-state index in [0.717, 1.165) is 24.0 Å². The number of ether oxygens (including phenoxy) is 2. The molecular formula is C31H32N4O6. The number of carboxylic acid groups (broad SMARTS) is 1. The van der Waals surface area contributed by atoms with Gasteiger partial charge in [-0.2, -0.15) is 0 Å². The number of hydrogen-bond acceptors (Lipinski definition) is 6. The minimum absolute atomic E-state index is 0.0326. The zero-order valence-electron chi connectivity index (χ0n) is 23.1. The summed E-state index contributed by atoms with van der Waals surface area (Å²) >= 11 is 0. The Labute approximate surface area is 237 Å². The van der Waals surface area contributed by atoms with Crippen LogP contribution >= 0.6 is 0 Å². The number of amides is 3. The van der Waals surface area contributed by atoms with Gasteiger partial charge in [0, 0.05) is 36.0 Å². The molecule has 2 heterocycles. The molecule has 2 aromatic carbocycles. The first kappa shape index (κ1) is 27.7. The molecule has 3 aromatic rings. The molecule has 0 spiro atoms. The van der Waals surface area contributed by atoms with Crippen LogP contribution in [0.2, 0.25) is 0 Å². The summed E-state index contributed by atoms with van der Waals surface area (Å²) in [5.41, 5.74) is 3.17. The maximum atomic E-state index is 13.2. The largest absolute Gasteiger partial charge is 0.488 e. The lowest BCUT2D eigenvalue weighted by atomic mass is 9.85. The predicted octanol–water partition coefficient (Wildman–Crippen LogP) is 5.70. The monoisotopic (exact) mass is 556 g/mol. The van der Waals surface area contributed by atoms with Gasteiger partial charge in [-0.1, -0.05) is 26.8 Å². The van der Waals surface area contributed by atoms with Crippen LogP contribution in [0.1, 0.15) is 50.3 Å². The Morgan fingerprint density at radius 3 is 2.54 bits per heavy atom. The SMILES string of the molecule is CC(C)(C)c1cc(CNC(=O)O)cc(NC(=O)C2=Cc3cc(Oc4ccnc(NC(=O)C5CC5)c4)ccc3OC2)c1. The Morgan fingerprint density at radius 1 is 1.02 bits per heavy atom. The van der Waals surface area contributed by atoms with Gasteiger partial charge >= 0.3 is 6.09 Å². The number of fused-ring (bicyclic) bond motifs is 1. The molecular weight excluding hydrogens is 524 g/mol. The molecule has 5 rings (SSSR count). The van der Waals surface area contributed by atoms with E-state index < -0.39 is 6.09 Å². The van der Waals surface area contributed by atoms with Crippen LogP contribution < -0.4 is 25.4 Å². The molecule has 212 valence electrons. The molecule has 0 atom stereocenters. The standard InChI is InChI=1S/C31H32N4O6/c1-31(2,3)22-10-18(16-33-30(38)39)11-23(14-22)34-29(37)21-12-20-13-24(6-7-26(20)40-17-21)41-25-8-9-32-27(15-25)35-28(36)19-4-5-19/h6-15,19,33H,4-5,16-17H2,1-3H3,(H,34,37)(H,38,39)(H,32,35,36). The number of nitrogens with one attached hydrogen (secondary N) is 3. The van der Waals surface area contributed by atoms with Gasteiger partial charge in [0.1, 0.15) is 29.7 Å².